The molecule has 0 atom stereocenters. The number of pyridine rings is 1. The van der Waals surface area contributed by atoms with Crippen LogP contribution in [0.1, 0.15) is 5.69 Å². The number of hydrogen-bond acceptors (Lipinski definition) is 6. The molecule has 0 saturated heterocycles. The van der Waals surface area contributed by atoms with Crippen LogP contribution in [0, 0.1) is 21.6 Å². The van der Waals surface area contributed by atoms with Gasteiger partial charge in [0.05, 0.1) is 0 Å². The van der Waals surface area contributed by atoms with E-state index in [9.17, 15) is 0 Å². The van der Waals surface area contributed by atoms with Crippen molar-refractivity contribution in [1.29, 1.82) is 5.26 Å². The molecule has 1 aromatic heterocycles. The zero-order valence-electron chi connectivity index (χ0n) is 7.62. The lowest BCUT2D eigenvalue weighted by Gasteiger charge is -2.17. The summed E-state index contributed by atoms with van der Waals surface area (Å²) in [6, 6.07) is 7.25. The predicted octanol–water partition coefficient (Wildman–Crippen LogP) is -4.85. The van der Waals surface area contributed by atoms with E-state index in [1.165, 1.54) is 11.8 Å². The molecule has 0 bridgehead atoms. The topological polar surface area (TPSA) is 129 Å². The molecule has 1 aromatic rings. The minimum Gasteiger partial charge on any atom is -0.273 e. The van der Waals surface area contributed by atoms with Gasteiger partial charge in [0.2, 0.25) is 6.20 Å². The molecule has 0 aromatic carbocycles. The Morgan fingerprint density at radius 2 is 1.87 bits per heavy atom. The average Bonchev–Trinajstić information content (AvgIpc) is 2.15. The third-order valence-electron chi connectivity index (χ3n) is 1.14. The molecule has 8 heteroatoms. The fourth-order valence-corrected chi connectivity index (χ4v) is 0.674. The second-order valence-electron chi connectivity index (χ2n) is 2.08. The summed E-state index contributed by atoms with van der Waals surface area (Å²) in [6.07, 6.45) is 1.68. The molecule has 0 N–H and O–H groups in total. The van der Waals surface area contributed by atoms with Gasteiger partial charge in [0.1, 0.15) is 7.11 Å². The molecule has 0 aliphatic heterocycles. The lowest BCUT2D eigenvalue weighted by Crippen LogP contribution is -2.68. The second-order valence-corrected chi connectivity index (χ2v) is 2.84. The molecular formula is C7H7ClN2O5. The first-order valence-electron chi connectivity index (χ1n) is 3.45. The molecule has 1 rings (SSSR count). The molecule has 0 fully saturated rings. The summed E-state index contributed by atoms with van der Waals surface area (Å²) in [5.74, 6) is 0. The summed E-state index contributed by atoms with van der Waals surface area (Å²) in [4.78, 5) is 4.83. The van der Waals surface area contributed by atoms with Crippen LogP contribution in [-0.4, -0.2) is 7.11 Å². The second kappa shape index (κ2) is 6.13. The van der Waals surface area contributed by atoms with E-state index in [1.54, 1.807) is 24.4 Å². The summed E-state index contributed by atoms with van der Waals surface area (Å²) in [6.45, 7) is 0. The van der Waals surface area contributed by atoms with Gasteiger partial charge in [-0.3, -0.25) is 4.84 Å². The van der Waals surface area contributed by atoms with Crippen molar-refractivity contribution >= 4 is 0 Å². The minimum atomic E-state index is -4.94. The van der Waals surface area contributed by atoms with E-state index in [4.69, 9.17) is 28.7 Å². The Balaban J connectivity index is 0.000000336. The zero-order chi connectivity index (χ0) is 11.9. The molecular weight excluding hydrogens is 228 g/mol. The molecule has 0 saturated carbocycles. The Morgan fingerprint density at radius 1 is 1.33 bits per heavy atom. The molecule has 82 valence electrons. The monoisotopic (exact) mass is 234 g/mol. The summed E-state index contributed by atoms with van der Waals surface area (Å²) in [5.41, 5.74) is 0.491. The molecule has 0 aliphatic carbocycles. The first-order valence-corrected chi connectivity index (χ1v) is 4.69. The molecule has 7 nitrogen and oxygen atoms in total. The summed E-state index contributed by atoms with van der Waals surface area (Å²) in [5, 5.41) is 8.50. The summed E-state index contributed by atoms with van der Waals surface area (Å²) < 4.78 is 35.4. The predicted molar refractivity (Wildman–Crippen MR) is 33.9 cm³/mol. The first-order chi connectivity index (χ1) is 6.88. The van der Waals surface area contributed by atoms with Crippen LogP contribution >= 0.6 is 0 Å². The van der Waals surface area contributed by atoms with Gasteiger partial charge in [-0.25, -0.2) is 18.6 Å². The fourth-order valence-electron chi connectivity index (χ4n) is 0.674. The smallest absolute Gasteiger partial charge is 0.273 e. The Kier molecular flexibility index (Phi) is 5.54. The maximum Gasteiger partial charge on any atom is 0.333 e. The lowest BCUT2D eigenvalue weighted by molar-refractivity contribution is -2.00. The van der Waals surface area contributed by atoms with Crippen molar-refractivity contribution in [1.82, 2.24) is 0 Å². The van der Waals surface area contributed by atoms with Gasteiger partial charge < -0.3 is 0 Å². The van der Waals surface area contributed by atoms with Gasteiger partial charge in [-0.05, 0) is 6.07 Å². The Labute approximate surface area is 87.7 Å². The number of halogens is 1. The lowest BCUT2D eigenvalue weighted by atomic mass is 10.4. The van der Waals surface area contributed by atoms with E-state index in [1.807, 2.05) is 6.07 Å². The van der Waals surface area contributed by atoms with Crippen molar-refractivity contribution in [3.05, 3.63) is 30.1 Å². The van der Waals surface area contributed by atoms with E-state index < -0.39 is 10.2 Å². The Bertz CT molecular complexity index is 340. The highest BCUT2D eigenvalue weighted by Gasteiger charge is 2.06. The fraction of sp³-hybridized carbons (Fsp3) is 0.143. The number of rotatable bonds is 1. The molecule has 0 spiro atoms. The Hall–Kier alpha value is -1.43. The van der Waals surface area contributed by atoms with Crippen molar-refractivity contribution in [2.24, 2.45) is 0 Å². The highest BCUT2D eigenvalue weighted by atomic mass is 35.7. The molecule has 0 aliphatic rings. The van der Waals surface area contributed by atoms with Crippen molar-refractivity contribution in [2.45, 2.75) is 0 Å². The maximum absolute atomic E-state index is 8.50. The quantitative estimate of drug-likeness (QED) is 0.448. The van der Waals surface area contributed by atoms with Gasteiger partial charge in [0.15, 0.2) is 6.07 Å². The maximum atomic E-state index is 8.50. The molecule has 15 heavy (non-hydrogen) atoms. The van der Waals surface area contributed by atoms with Crippen molar-refractivity contribution in [2.75, 3.05) is 7.11 Å². The Morgan fingerprint density at radius 3 is 2.20 bits per heavy atom. The summed E-state index contributed by atoms with van der Waals surface area (Å²) in [7, 11) is -3.43. The van der Waals surface area contributed by atoms with Crippen molar-refractivity contribution in [3.8, 4) is 6.07 Å². The largest absolute Gasteiger partial charge is 0.333 e. The third-order valence-corrected chi connectivity index (χ3v) is 1.14. The highest BCUT2D eigenvalue weighted by Crippen LogP contribution is 1.85. The first kappa shape index (κ1) is 13.6. The molecule has 0 radical (unpaired) electrons. The number of nitriles is 1. The zero-order valence-corrected chi connectivity index (χ0v) is 8.38. The standard InChI is InChI=1S/C7H7N2O.ClHO4/c1-10-9-5-3-2-4-7(9)6-8;2-1(3,4)5/h2-5H,1H3;(H,2,3,4,5)/q+1;/p-1. The van der Waals surface area contributed by atoms with Gasteiger partial charge in [-0.15, -0.1) is 10.2 Å². The number of nitrogens with zero attached hydrogens (tertiary/aromatic N) is 2. The van der Waals surface area contributed by atoms with Gasteiger partial charge in [0, 0.05) is 16.9 Å². The van der Waals surface area contributed by atoms with Crippen LogP contribution in [0.25, 0.3) is 0 Å². The van der Waals surface area contributed by atoms with Gasteiger partial charge in [-0.1, -0.05) is 0 Å². The third kappa shape index (κ3) is 7.63. The van der Waals surface area contributed by atoms with Crippen LogP contribution in [0.4, 0.5) is 0 Å². The van der Waals surface area contributed by atoms with Crippen LogP contribution in [0.3, 0.4) is 0 Å². The van der Waals surface area contributed by atoms with E-state index in [0.717, 1.165) is 0 Å². The van der Waals surface area contributed by atoms with E-state index in [2.05, 4.69) is 0 Å². The van der Waals surface area contributed by atoms with Crippen LogP contribution in [0.5, 0.6) is 0 Å². The molecule has 1 heterocycles. The normalized spacial score (nSPS) is 9.60. The van der Waals surface area contributed by atoms with Crippen molar-refractivity contribution < 1.29 is 38.4 Å². The van der Waals surface area contributed by atoms with Gasteiger partial charge >= 0.3 is 5.69 Å². The summed E-state index contributed by atoms with van der Waals surface area (Å²) >= 11 is 0. The number of aromatic nitrogens is 1. The van der Waals surface area contributed by atoms with Gasteiger partial charge in [0.25, 0.3) is 0 Å². The minimum absolute atomic E-state index is 0.491. The van der Waals surface area contributed by atoms with Gasteiger partial charge in [-0.2, -0.15) is 5.26 Å². The van der Waals surface area contributed by atoms with E-state index in [0.29, 0.717) is 5.69 Å². The van der Waals surface area contributed by atoms with Crippen LogP contribution in [0.2, 0.25) is 0 Å². The number of hydrogen-bond donors (Lipinski definition) is 0. The van der Waals surface area contributed by atoms with Crippen LogP contribution < -0.4 is 28.2 Å². The molecule has 0 unspecified atom stereocenters. The van der Waals surface area contributed by atoms with Crippen molar-refractivity contribution in [3.63, 3.8) is 0 Å². The SMILES string of the molecule is CO[n+]1ccccc1C#N.[O-][Cl+3]([O-])([O-])[O-]. The average molecular weight is 235 g/mol. The highest BCUT2D eigenvalue weighted by molar-refractivity contribution is 5.12. The van der Waals surface area contributed by atoms with Crippen LogP contribution in [-0.2, 0) is 0 Å². The van der Waals surface area contributed by atoms with E-state index in [-0.39, 0.29) is 0 Å². The van der Waals surface area contributed by atoms with E-state index >= 15 is 0 Å². The van der Waals surface area contributed by atoms with Crippen LogP contribution in [0.15, 0.2) is 24.4 Å². The molecule has 0 amide bonds.